The van der Waals surface area contributed by atoms with E-state index in [1.807, 2.05) is 0 Å². The Hall–Kier alpha value is -3.11. The van der Waals surface area contributed by atoms with Gasteiger partial charge in [0, 0.05) is 18.1 Å². The second-order valence-corrected chi connectivity index (χ2v) is 11.1. The number of halogens is 1. The fourth-order valence-electron chi connectivity index (χ4n) is 3.90. The van der Waals surface area contributed by atoms with Gasteiger partial charge in [-0.2, -0.15) is 0 Å². The lowest BCUT2D eigenvalue weighted by molar-refractivity contribution is -0.130. The molecule has 1 aromatic carbocycles. The highest BCUT2D eigenvalue weighted by Crippen LogP contribution is 2.30. The standard InChI is InChI=1S/C23H25ClN4O5S/c1-23(2,3)33-22(30)26-18-10-12-27(21(18)29)14-15-13-17-19(9-11-25-20(17)24)28(15)34(31,32)16-7-5-4-6-8-16/h4-9,11,13,18H,10,12,14H2,1-3H3,(H,26,30)/t18-/m0/s1. The summed E-state index contributed by atoms with van der Waals surface area (Å²) in [7, 11) is -3.98. The highest BCUT2D eigenvalue weighted by Gasteiger charge is 2.35. The van der Waals surface area contributed by atoms with Gasteiger partial charge in [0.15, 0.2) is 0 Å². The number of ether oxygens (including phenoxy) is 1. The minimum Gasteiger partial charge on any atom is -0.444 e. The lowest BCUT2D eigenvalue weighted by Crippen LogP contribution is -2.43. The van der Waals surface area contributed by atoms with Crippen molar-refractivity contribution in [1.29, 1.82) is 0 Å². The first kappa shape index (κ1) is 24.0. The number of aromatic nitrogens is 2. The van der Waals surface area contributed by atoms with Crippen molar-refractivity contribution in [2.24, 2.45) is 0 Å². The molecule has 1 N–H and O–H groups in total. The normalized spacial score (nSPS) is 16.8. The van der Waals surface area contributed by atoms with Crippen molar-refractivity contribution in [3.05, 3.63) is 59.5 Å². The molecule has 1 atom stereocenters. The van der Waals surface area contributed by atoms with Gasteiger partial charge in [0.05, 0.1) is 22.7 Å². The highest BCUT2D eigenvalue weighted by atomic mass is 35.5. The van der Waals surface area contributed by atoms with Crippen LogP contribution in [0.5, 0.6) is 0 Å². The number of benzene rings is 1. The fourth-order valence-corrected chi connectivity index (χ4v) is 5.65. The van der Waals surface area contributed by atoms with Crippen LogP contribution in [0.4, 0.5) is 4.79 Å². The van der Waals surface area contributed by atoms with E-state index in [1.54, 1.807) is 51.1 Å². The molecule has 0 bridgehead atoms. The van der Waals surface area contributed by atoms with Crippen LogP contribution in [0.15, 0.2) is 53.6 Å². The molecule has 3 heterocycles. The second-order valence-electron chi connectivity index (χ2n) is 9.00. The Kier molecular flexibility index (Phi) is 6.30. The molecule has 1 aliphatic heterocycles. The molecule has 1 fully saturated rings. The van der Waals surface area contributed by atoms with Crippen LogP contribution in [0.3, 0.4) is 0 Å². The SMILES string of the molecule is CC(C)(C)OC(=O)N[C@H]1CCN(Cc2cc3c(Cl)nccc3n2S(=O)(=O)c2ccccc2)C1=O. The number of nitrogens with one attached hydrogen (secondary N) is 1. The molecule has 9 nitrogen and oxygen atoms in total. The molecule has 2 amide bonds. The van der Waals surface area contributed by atoms with Gasteiger partial charge in [-0.15, -0.1) is 0 Å². The Morgan fingerprint density at radius 2 is 1.94 bits per heavy atom. The average molecular weight is 505 g/mol. The molecule has 0 spiro atoms. The lowest BCUT2D eigenvalue weighted by Gasteiger charge is -2.22. The van der Waals surface area contributed by atoms with E-state index in [-0.39, 0.29) is 22.5 Å². The largest absolute Gasteiger partial charge is 0.444 e. The third-order valence-electron chi connectivity index (χ3n) is 5.33. The zero-order chi connectivity index (χ0) is 24.7. The van der Waals surface area contributed by atoms with Crippen molar-refractivity contribution in [3.8, 4) is 0 Å². The third-order valence-corrected chi connectivity index (χ3v) is 7.41. The van der Waals surface area contributed by atoms with Crippen LogP contribution < -0.4 is 5.32 Å². The van der Waals surface area contributed by atoms with E-state index in [1.165, 1.54) is 27.2 Å². The number of amides is 2. The maximum absolute atomic E-state index is 13.6. The van der Waals surface area contributed by atoms with Crippen LogP contribution in [0.1, 0.15) is 32.9 Å². The average Bonchev–Trinajstić information content (AvgIpc) is 3.30. The summed E-state index contributed by atoms with van der Waals surface area (Å²) in [5, 5.41) is 3.23. The van der Waals surface area contributed by atoms with E-state index in [0.29, 0.717) is 29.6 Å². The Morgan fingerprint density at radius 1 is 1.24 bits per heavy atom. The van der Waals surface area contributed by atoms with Gasteiger partial charge >= 0.3 is 6.09 Å². The van der Waals surface area contributed by atoms with Gasteiger partial charge in [-0.05, 0) is 51.5 Å². The van der Waals surface area contributed by atoms with Crippen LogP contribution in [0, 0.1) is 0 Å². The van der Waals surface area contributed by atoms with Crippen LogP contribution in [-0.4, -0.2) is 52.5 Å². The number of pyridine rings is 1. The summed E-state index contributed by atoms with van der Waals surface area (Å²) >= 11 is 6.26. The first-order valence-electron chi connectivity index (χ1n) is 10.7. The minimum atomic E-state index is -3.98. The predicted molar refractivity (Wildman–Crippen MR) is 127 cm³/mol. The van der Waals surface area contributed by atoms with Crippen molar-refractivity contribution in [3.63, 3.8) is 0 Å². The third kappa shape index (κ3) is 4.74. The van der Waals surface area contributed by atoms with Crippen molar-refractivity contribution < 1.29 is 22.7 Å². The Balaban J connectivity index is 1.66. The van der Waals surface area contributed by atoms with Crippen LogP contribution >= 0.6 is 11.6 Å². The smallest absolute Gasteiger partial charge is 0.408 e. The van der Waals surface area contributed by atoms with Gasteiger partial charge in [0.2, 0.25) is 5.91 Å². The van der Waals surface area contributed by atoms with Crippen LogP contribution in [-0.2, 0) is 26.1 Å². The van der Waals surface area contributed by atoms with Gasteiger partial charge in [-0.3, -0.25) is 4.79 Å². The minimum absolute atomic E-state index is 0.0163. The van der Waals surface area contributed by atoms with Gasteiger partial charge in [-0.25, -0.2) is 22.2 Å². The molecule has 0 aliphatic carbocycles. The summed E-state index contributed by atoms with van der Waals surface area (Å²) < 4.78 is 33.6. The molecule has 0 unspecified atom stereocenters. The van der Waals surface area contributed by atoms with E-state index in [9.17, 15) is 18.0 Å². The summed E-state index contributed by atoms with van der Waals surface area (Å²) in [4.78, 5) is 30.8. The van der Waals surface area contributed by atoms with E-state index >= 15 is 0 Å². The van der Waals surface area contributed by atoms with Crippen molar-refractivity contribution >= 4 is 44.5 Å². The first-order valence-corrected chi connectivity index (χ1v) is 12.5. The first-order chi connectivity index (χ1) is 16.0. The topological polar surface area (TPSA) is 111 Å². The number of fused-ring (bicyclic) bond motifs is 1. The maximum atomic E-state index is 13.6. The second kappa shape index (κ2) is 8.92. The van der Waals surface area contributed by atoms with Crippen LogP contribution in [0.2, 0.25) is 5.15 Å². The number of hydrogen-bond acceptors (Lipinski definition) is 6. The molecule has 4 rings (SSSR count). The molecule has 1 aliphatic rings. The Bertz CT molecular complexity index is 1350. The van der Waals surface area contributed by atoms with E-state index in [2.05, 4.69) is 10.3 Å². The monoisotopic (exact) mass is 504 g/mol. The molecule has 11 heteroatoms. The van der Waals surface area contributed by atoms with Gasteiger partial charge in [0.1, 0.15) is 16.8 Å². The zero-order valence-corrected chi connectivity index (χ0v) is 20.6. The summed E-state index contributed by atoms with van der Waals surface area (Å²) in [5.41, 5.74) is 0.0415. The van der Waals surface area contributed by atoms with E-state index in [0.717, 1.165) is 0 Å². The maximum Gasteiger partial charge on any atom is 0.408 e. The highest BCUT2D eigenvalue weighted by molar-refractivity contribution is 7.90. The molecule has 3 aromatic rings. The number of rotatable bonds is 5. The summed E-state index contributed by atoms with van der Waals surface area (Å²) in [6.07, 6.45) is 1.14. The molecule has 0 saturated carbocycles. The number of carbonyl (C=O) groups is 2. The zero-order valence-electron chi connectivity index (χ0n) is 19.0. The Morgan fingerprint density at radius 3 is 2.62 bits per heavy atom. The van der Waals surface area contributed by atoms with Crippen molar-refractivity contribution in [2.75, 3.05) is 6.54 Å². The van der Waals surface area contributed by atoms with E-state index in [4.69, 9.17) is 16.3 Å². The molecular weight excluding hydrogens is 480 g/mol. The molecule has 34 heavy (non-hydrogen) atoms. The molecule has 2 aromatic heterocycles. The summed E-state index contributed by atoms with van der Waals surface area (Å²) in [6.45, 7) is 5.57. The molecule has 180 valence electrons. The van der Waals surface area contributed by atoms with Gasteiger partial charge in [-0.1, -0.05) is 29.8 Å². The molecule has 1 saturated heterocycles. The van der Waals surface area contributed by atoms with Crippen molar-refractivity contribution in [2.45, 2.75) is 50.3 Å². The van der Waals surface area contributed by atoms with Gasteiger partial charge in [0.25, 0.3) is 10.0 Å². The Labute approximate surface area is 202 Å². The van der Waals surface area contributed by atoms with Gasteiger partial charge < -0.3 is 15.0 Å². The molecular formula is C23H25ClN4O5S. The fraction of sp³-hybridized carbons (Fsp3) is 0.348. The van der Waals surface area contributed by atoms with Crippen LogP contribution in [0.25, 0.3) is 10.9 Å². The number of carbonyl (C=O) groups excluding carboxylic acids is 2. The quantitative estimate of drug-likeness (QED) is 0.532. The number of alkyl carbamates (subject to hydrolysis) is 1. The number of nitrogens with zero attached hydrogens (tertiary/aromatic N) is 3. The summed E-state index contributed by atoms with van der Waals surface area (Å²) in [6, 6.07) is 10.5. The number of hydrogen-bond donors (Lipinski definition) is 1. The predicted octanol–water partition coefficient (Wildman–Crippen LogP) is 3.55. The molecule has 0 radical (unpaired) electrons. The number of likely N-dealkylation sites (tertiary alicyclic amines) is 1. The van der Waals surface area contributed by atoms with E-state index < -0.39 is 27.8 Å². The summed E-state index contributed by atoms with van der Waals surface area (Å²) in [5.74, 6) is -0.316. The lowest BCUT2D eigenvalue weighted by atomic mass is 10.2. The van der Waals surface area contributed by atoms with Crippen molar-refractivity contribution in [1.82, 2.24) is 19.2 Å².